The second-order valence-electron chi connectivity index (χ2n) is 10.1. The third-order valence-corrected chi connectivity index (χ3v) is 7.77. The lowest BCUT2D eigenvalue weighted by molar-refractivity contribution is -0.135. The molecule has 6 nitrogen and oxygen atoms in total. The van der Waals surface area contributed by atoms with Crippen LogP contribution in [0.4, 0.5) is 0 Å². The Morgan fingerprint density at radius 2 is 1.68 bits per heavy atom. The minimum Gasteiger partial charge on any atom is -0.460 e. The van der Waals surface area contributed by atoms with Crippen molar-refractivity contribution in [1.29, 1.82) is 0 Å². The maximum atomic E-state index is 13.8. The number of furan rings is 1. The van der Waals surface area contributed by atoms with E-state index in [2.05, 4.69) is 5.32 Å². The Balaban J connectivity index is 1.50. The number of aryl methyl sites for hydroxylation is 1. The highest BCUT2D eigenvalue weighted by molar-refractivity contribution is 6.03. The Hall–Kier alpha value is -2.24. The number of nitrogens with one attached hydrogen (secondary N) is 1. The van der Waals surface area contributed by atoms with Crippen LogP contribution in [0.25, 0.3) is 11.1 Å². The SMILES string of the molecule is Cc1cc2c(cc3n2CC(C)(C(=O)NC2CCCCCCC2)N(C2CCCC2)C3=O)o1. The average Bonchev–Trinajstić information content (AvgIpc) is 3.41. The fraction of sp³-hybridized carbons (Fsp3) is 0.680. The van der Waals surface area contributed by atoms with E-state index in [0.717, 1.165) is 55.4 Å². The van der Waals surface area contributed by atoms with E-state index in [1.54, 1.807) is 0 Å². The zero-order chi connectivity index (χ0) is 21.6. The molecular formula is C25H35N3O3. The number of hydrogen-bond acceptors (Lipinski definition) is 3. The molecule has 168 valence electrons. The first-order valence-electron chi connectivity index (χ1n) is 12.2. The highest BCUT2D eigenvalue weighted by atomic mass is 16.3. The molecule has 3 heterocycles. The van der Waals surface area contributed by atoms with Gasteiger partial charge in [-0.15, -0.1) is 0 Å². The van der Waals surface area contributed by atoms with Crippen LogP contribution in [-0.4, -0.2) is 38.9 Å². The number of carbonyl (C=O) groups is 2. The minimum atomic E-state index is -0.890. The third kappa shape index (κ3) is 3.58. The summed E-state index contributed by atoms with van der Waals surface area (Å²) in [6.45, 7) is 4.37. The van der Waals surface area contributed by atoms with Gasteiger partial charge in [-0.25, -0.2) is 0 Å². The number of rotatable bonds is 3. The van der Waals surface area contributed by atoms with E-state index in [1.165, 1.54) is 32.1 Å². The lowest BCUT2D eigenvalue weighted by atomic mass is 9.90. The molecule has 0 spiro atoms. The van der Waals surface area contributed by atoms with Crippen molar-refractivity contribution in [1.82, 2.24) is 14.8 Å². The molecule has 2 fully saturated rings. The second-order valence-corrected chi connectivity index (χ2v) is 10.1. The molecule has 1 unspecified atom stereocenters. The normalized spacial score (nSPS) is 26.1. The number of carbonyl (C=O) groups excluding carboxylic acids is 2. The third-order valence-electron chi connectivity index (χ3n) is 7.77. The molecule has 1 N–H and O–H groups in total. The van der Waals surface area contributed by atoms with Gasteiger partial charge in [-0.05, 0) is 39.5 Å². The number of nitrogens with zero attached hydrogens (tertiary/aromatic N) is 2. The molecular weight excluding hydrogens is 390 g/mol. The fourth-order valence-electron chi connectivity index (χ4n) is 6.10. The molecule has 2 aliphatic carbocycles. The van der Waals surface area contributed by atoms with Gasteiger partial charge in [-0.1, -0.05) is 44.9 Å². The van der Waals surface area contributed by atoms with Crippen molar-refractivity contribution in [2.75, 3.05) is 0 Å². The zero-order valence-electron chi connectivity index (χ0n) is 18.9. The van der Waals surface area contributed by atoms with Crippen molar-refractivity contribution in [3.8, 4) is 0 Å². The summed E-state index contributed by atoms with van der Waals surface area (Å²) in [6, 6.07) is 4.19. The molecule has 5 rings (SSSR count). The number of fused-ring (bicyclic) bond motifs is 3. The van der Waals surface area contributed by atoms with Crippen LogP contribution in [0.5, 0.6) is 0 Å². The summed E-state index contributed by atoms with van der Waals surface area (Å²) >= 11 is 0. The molecule has 0 saturated heterocycles. The van der Waals surface area contributed by atoms with Gasteiger partial charge in [0.2, 0.25) is 5.91 Å². The topological polar surface area (TPSA) is 67.5 Å². The van der Waals surface area contributed by atoms with Gasteiger partial charge < -0.3 is 19.2 Å². The van der Waals surface area contributed by atoms with Gasteiger partial charge >= 0.3 is 0 Å². The lowest BCUT2D eigenvalue weighted by Crippen LogP contribution is -2.67. The van der Waals surface area contributed by atoms with Crippen molar-refractivity contribution < 1.29 is 14.0 Å². The summed E-state index contributed by atoms with van der Waals surface area (Å²) in [7, 11) is 0. The fourth-order valence-corrected chi connectivity index (χ4v) is 6.10. The quantitative estimate of drug-likeness (QED) is 0.758. The van der Waals surface area contributed by atoms with Gasteiger partial charge in [0.25, 0.3) is 5.91 Å². The van der Waals surface area contributed by atoms with Crippen LogP contribution in [0.2, 0.25) is 0 Å². The molecule has 1 aliphatic heterocycles. The molecule has 2 amide bonds. The van der Waals surface area contributed by atoms with Gasteiger partial charge in [-0.3, -0.25) is 9.59 Å². The molecule has 3 aliphatic rings. The monoisotopic (exact) mass is 425 g/mol. The number of aromatic nitrogens is 1. The Labute approximate surface area is 184 Å². The van der Waals surface area contributed by atoms with E-state index in [9.17, 15) is 9.59 Å². The van der Waals surface area contributed by atoms with E-state index >= 15 is 0 Å². The largest absolute Gasteiger partial charge is 0.460 e. The lowest BCUT2D eigenvalue weighted by Gasteiger charge is -2.47. The highest BCUT2D eigenvalue weighted by Crippen LogP contribution is 2.38. The van der Waals surface area contributed by atoms with Gasteiger partial charge in [0.1, 0.15) is 17.0 Å². The van der Waals surface area contributed by atoms with Gasteiger partial charge in [0.15, 0.2) is 5.58 Å². The van der Waals surface area contributed by atoms with E-state index in [-0.39, 0.29) is 23.9 Å². The minimum absolute atomic E-state index is 0.00559. The molecule has 0 radical (unpaired) electrons. The van der Waals surface area contributed by atoms with Crippen molar-refractivity contribution >= 4 is 22.9 Å². The summed E-state index contributed by atoms with van der Waals surface area (Å²) in [5, 5.41) is 3.38. The predicted octanol–water partition coefficient (Wildman–Crippen LogP) is 4.93. The number of hydrogen-bond donors (Lipinski definition) is 1. The van der Waals surface area contributed by atoms with E-state index in [4.69, 9.17) is 4.42 Å². The zero-order valence-corrected chi connectivity index (χ0v) is 18.9. The Kier molecular flexibility index (Phi) is 5.35. The van der Waals surface area contributed by atoms with Crippen molar-refractivity contribution in [3.05, 3.63) is 23.6 Å². The van der Waals surface area contributed by atoms with Gasteiger partial charge in [0, 0.05) is 24.2 Å². The first kappa shape index (κ1) is 20.7. The molecule has 6 heteroatoms. The predicted molar refractivity (Wildman–Crippen MR) is 120 cm³/mol. The van der Waals surface area contributed by atoms with E-state index in [0.29, 0.717) is 12.2 Å². The molecule has 2 aromatic rings. The summed E-state index contributed by atoms with van der Waals surface area (Å²) in [5.41, 5.74) is 1.41. The Bertz CT molecular complexity index is 976. The standard InChI is InChI=1S/C25H35N3O3/c1-17-14-20-22(31-17)15-21-23(29)28(19-12-8-9-13-19)25(2,16-27(20)21)24(30)26-18-10-6-4-3-5-7-11-18/h14-15,18-19H,3-13,16H2,1-2H3,(H,26,30). The summed E-state index contributed by atoms with van der Waals surface area (Å²) in [5.74, 6) is 0.801. The summed E-state index contributed by atoms with van der Waals surface area (Å²) < 4.78 is 7.82. The maximum Gasteiger partial charge on any atom is 0.271 e. The molecule has 2 saturated carbocycles. The van der Waals surface area contributed by atoms with Crippen molar-refractivity contribution in [3.63, 3.8) is 0 Å². The van der Waals surface area contributed by atoms with Crippen LogP contribution in [0.1, 0.15) is 93.8 Å². The Morgan fingerprint density at radius 3 is 2.39 bits per heavy atom. The van der Waals surface area contributed by atoms with Crippen LogP contribution < -0.4 is 5.32 Å². The first-order chi connectivity index (χ1) is 15.0. The molecule has 0 aromatic carbocycles. The Morgan fingerprint density at radius 1 is 1.03 bits per heavy atom. The van der Waals surface area contributed by atoms with E-state index in [1.807, 2.05) is 35.4 Å². The molecule has 31 heavy (non-hydrogen) atoms. The molecule has 0 bridgehead atoms. The van der Waals surface area contributed by atoms with E-state index < -0.39 is 5.54 Å². The maximum absolute atomic E-state index is 13.8. The first-order valence-corrected chi connectivity index (χ1v) is 12.2. The van der Waals surface area contributed by atoms with Crippen LogP contribution in [0.15, 0.2) is 16.5 Å². The highest BCUT2D eigenvalue weighted by Gasteiger charge is 2.51. The average molecular weight is 426 g/mol. The van der Waals surface area contributed by atoms with Gasteiger partial charge in [-0.2, -0.15) is 0 Å². The number of amides is 2. The van der Waals surface area contributed by atoms with Crippen LogP contribution in [0.3, 0.4) is 0 Å². The van der Waals surface area contributed by atoms with Gasteiger partial charge in [0.05, 0.1) is 12.1 Å². The summed E-state index contributed by atoms with van der Waals surface area (Å²) in [6.07, 6.45) is 12.4. The molecule has 2 aromatic heterocycles. The smallest absolute Gasteiger partial charge is 0.271 e. The van der Waals surface area contributed by atoms with Crippen LogP contribution in [0, 0.1) is 6.92 Å². The van der Waals surface area contributed by atoms with Crippen LogP contribution in [-0.2, 0) is 11.3 Å². The van der Waals surface area contributed by atoms with Crippen molar-refractivity contribution in [2.24, 2.45) is 0 Å². The van der Waals surface area contributed by atoms with Crippen molar-refractivity contribution in [2.45, 2.75) is 109 Å². The summed E-state index contributed by atoms with van der Waals surface area (Å²) in [4.78, 5) is 29.5. The molecule has 1 atom stereocenters. The van der Waals surface area contributed by atoms with Crippen LogP contribution >= 0.6 is 0 Å². The second kappa shape index (κ2) is 8.03.